The number of amides is 1. The molecule has 1 heterocycles. The number of hydrogen-bond donors (Lipinski definition) is 2. The standard InChI is InChI=1S/C18H23Cl2N5O/c1-17(2,3)10-18(4,5)25-13(26)11-6-8-12(9-7-11)21-16-23-14(19)22-15(20)24-16/h6-9H,10H2,1-5H3,(H,25,26)(H,21,22,23,24). The molecule has 0 aliphatic heterocycles. The van der Waals surface area contributed by atoms with Crippen molar-refractivity contribution < 1.29 is 4.79 Å². The number of carbonyl (C=O) groups excluding carboxylic acids is 1. The molecular formula is C18H23Cl2N5O. The van der Waals surface area contributed by atoms with Crippen LogP contribution in [0.3, 0.4) is 0 Å². The number of anilines is 2. The Kier molecular flexibility index (Phi) is 6.09. The third kappa shape index (κ3) is 6.42. The smallest absolute Gasteiger partial charge is 0.251 e. The summed E-state index contributed by atoms with van der Waals surface area (Å²) in [6, 6.07) is 6.99. The highest BCUT2D eigenvalue weighted by molar-refractivity contribution is 6.31. The second kappa shape index (κ2) is 7.76. The molecule has 6 nitrogen and oxygen atoms in total. The number of hydrogen-bond acceptors (Lipinski definition) is 5. The van der Waals surface area contributed by atoms with E-state index >= 15 is 0 Å². The molecule has 2 aromatic rings. The number of aromatic nitrogens is 3. The van der Waals surface area contributed by atoms with Crippen molar-refractivity contribution in [2.24, 2.45) is 5.41 Å². The van der Waals surface area contributed by atoms with Crippen LogP contribution in [0.1, 0.15) is 51.4 Å². The SMILES string of the molecule is CC(C)(C)CC(C)(C)NC(=O)c1ccc(Nc2nc(Cl)nc(Cl)n2)cc1. The molecular weight excluding hydrogens is 373 g/mol. The fourth-order valence-electron chi connectivity index (χ4n) is 2.97. The molecule has 2 N–H and O–H groups in total. The van der Waals surface area contributed by atoms with Crippen LogP contribution in [0.25, 0.3) is 0 Å². The molecule has 1 aromatic carbocycles. The van der Waals surface area contributed by atoms with Gasteiger partial charge in [-0.15, -0.1) is 0 Å². The third-order valence-corrected chi connectivity index (χ3v) is 3.75. The number of halogens is 2. The summed E-state index contributed by atoms with van der Waals surface area (Å²) < 4.78 is 0. The van der Waals surface area contributed by atoms with Crippen molar-refractivity contribution in [3.8, 4) is 0 Å². The van der Waals surface area contributed by atoms with E-state index in [1.54, 1.807) is 24.3 Å². The van der Waals surface area contributed by atoms with Crippen LogP contribution in [0, 0.1) is 5.41 Å². The van der Waals surface area contributed by atoms with E-state index in [1.165, 1.54) is 0 Å². The first-order valence-electron chi connectivity index (χ1n) is 8.20. The molecule has 0 atom stereocenters. The summed E-state index contributed by atoms with van der Waals surface area (Å²) in [5.74, 6) is 0.121. The zero-order valence-corrected chi connectivity index (χ0v) is 17.0. The Labute approximate surface area is 163 Å². The van der Waals surface area contributed by atoms with Gasteiger partial charge in [0.25, 0.3) is 5.91 Å². The van der Waals surface area contributed by atoms with E-state index in [1.807, 2.05) is 13.8 Å². The van der Waals surface area contributed by atoms with Gasteiger partial charge in [-0.25, -0.2) is 0 Å². The lowest BCUT2D eigenvalue weighted by atomic mass is 9.81. The van der Waals surface area contributed by atoms with Crippen molar-refractivity contribution in [3.63, 3.8) is 0 Å². The first-order valence-corrected chi connectivity index (χ1v) is 8.96. The molecule has 0 radical (unpaired) electrons. The van der Waals surface area contributed by atoms with Gasteiger partial charge in [-0.1, -0.05) is 20.8 Å². The molecule has 0 aliphatic carbocycles. The summed E-state index contributed by atoms with van der Waals surface area (Å²) in [7, 11) is 0. The van der Waals surface area contributed by atoms with Crippen LogP contribution in [0.4, 0.5) is 11.6 Å². The van der Waals surface area contributed by atoms with E-state index in [9.17, 15) is 4.79 Å². The number of benzene rings is 1. The number of carbonyl (C=O) groups is 1. The lowest BCUT2D eigenvalue weighted by Crippen LogP contribution is -2.45. The Hall–Kier alpha value is -1.92. The Morgan fingerprint density at radius 3 is 2.00 bits per heavy atom. The van der Waals surface area contributed by atoms with Gasteiger partial charge in [0, 0.05) is 16.8 Å². The van der Waals surface area contributed by atoms with Gasteiger partial charge in [0.1, 0.15) is 0 Å². The van der Waals surface area contributed by atoms with Gasteiger partial charge in [-0.05, 0) is 73.2 Å². The van der Waals surface area contributed by atoms with Gasteiger partial charge >= 0.3 is 0 Å². The summed E-state index contributed by atoms with van der Waals surface area (Å²) in [4.78, 5) is 24.1. The van der Waals surface area contributed by atoms with Crippen LogP contribution in [0.5, 0.6) is 0 Å². The van der Waals surface area contributed by atoms with Gasteiger partial charge < -0.3 is 10.6 Å². The molecule has 140 valence electrons. The third-order valence-electron chi connectivity index (χ3n) is 3.41. The monoisotopic (exact) mass is 395 g/mol. The molecule has 0 unspecified atom stereocenters. The molecule has 0 spiro atoms. The zero-order chi connectivity index (χ0) is 19.5. The van der Waals surface area contributed by atoms with Crippen LogP contribution < -0.4 is 10.6 Å². The van der Waals surface area contributed by atoms with Crippen LogP contribution in [-0.2, 0) is 0 Å². The normalized spacial score (nSPS) is 12.0. The minimum atomic E-state index is -0.301. The first-order chi connectivity index (χ1) is 11.9. The molecule has 1 aromatic heterocycles. The highest BCUT2D eigenvalue weighted by Crippen LogP contribution is 2.27. The maximum absolute atomic E-state index is 12.5. The van der Waals surface area contributed by atoms with Gasteiger partial charge in [-0.3, -0.25) is 4.79 Å². The van der Waals surface area contributed by atoms with Crippen molar-refractivity contribution in [2.75, 3.05) is 5.32 Å². The fraction of sp³-hybridized carbons (Fsp3) is 0.444. The van der Waals surface area contributed by atoms with E-state index in [0.29, 0.717) is 11.3 Å². The number of nitrogens with zero attached hydrogens (tertiary/aromatic N) is 3. The predicted molar refractivity (Wildman–Crippen MR) is 105 cm³/mol. The van der Waals surface area contributed by atoms with Crippen LogP contribution in [0.15, 0.2) is 24.3 Å². The molecule has 1 amide bonds. The predicted octanol–water partition coefficient (Wildman–Crippen LogP) is 4.87. The van der Waals surface area contributed by atoms with Crippen LogP contribution >= 0.6 is 23.2 Å². The van der Waals surface area contributed by atoms with Crippen molar-refractivity contribution in [2.45, 2.75) is 46.6 Å². The molecule has 2 rings (SSSR count). The first kappa shape index (κ1) is 20.4. The molecule has 0 aliphatic rings. The van der Waals surface area contributed by atoms with Gasteiger partial charge in [-0.2, -0.15) is 15.0 Å². The van der Waals surface area contributed by atoms with E-state index < -0.39 is 0 Å². The summed E-state index contributed by atoms with van der Waals surface area (Å²) in [6.07, 6.45) is 0.867. The zero-order valence-electron chi connectivity index (χ0n) is 15.5. The topological polar surface area (TPSA) is 79.8 Å². The largest absolute Gasteiger partial charge is 0.347 e. The minimum Gasteiger partial charge on any atom is -0.347 e. The van der Waals surface area contributed by atoms with E-state index in [0.717, 1.165) is 6.42 Å². The fourth-order valence-corrected chi connectivity index (χ4v) is 3.33. The van der Waals surface area contributed by atoms with Crippen LogP contribution in [0.2, 0.25) is 10.6 Å². The Morgan fingerprint density at radius 1 is 0.962 bits per heavy atom. The second-order valence-electron chi connectivity index (χ2n) is 7.97. The highest BCUT2D eigenvalue weighted by atomic mass is 35.5. The van der Waals surface area contributed by atoms with Crippen molar-refractivity contribution in [1.82, 2.24) is 20.3 Å². The molecule has 0 fully saturated rings. The van der Waals surface area contributed by atoms with Crippen molar-refractivity contribution in [1.29, 1.82) is 0 Å². The van der Waals surface area contributed by atoms with E-state index in [4.69, 9.17) is 23.2 Å². The number of nitrogens with one attached hydrogen (secondary N) is 2. The maximum Gasteiger partial charge on any atom is 0.251 e. The molecule has 0 saturated carbocycles. The second-order valence-corrected chi connectivity index (χ2v) is 8.65. The van der Waals surface area contributed by atoms with Gasteiger partial charge in [0.15, 0.2) is 0 Å². The molecule has 0 saturated heterocycles. The highest BCUT2D eigenvalue weighted by Gasteiger charge is 2.27. The molecule has 26 heavy (non-hydrogen) atoms. The summed E-state index contributed by atoms with van der Waals surface area (Å²) in [6.45, 7) is 10.5. The molecule has 8 heteroatoms. The van der Waals surface area contributed by atoms with Gasteiger partial charge in [0.05, 0.1) is 0 Å². The van der Waals surface area contributed by atoms with Crippen molar-refractivity contribution in [3.05, 3.63) is 40.4 Å². The van der Waals surface area contributed by atoms with E-state index in [-0.39, 0.29) is 33.4 Å². The number of rotatable bonds is 5. The Bertz CT molecular complexity index is 765. The lowest BCUT2D eigenvalue weighted by molar-refractivity contribution is 0.0891. The average molecular weight is 396 g/mol. The van der Waals surface area contributed by atoms with Crippen molar-refractivity contribution >= 4 is 40.7 Å². The summed E-state index contributed by atoms with van der Waals surface area (Å²) >= 11 is 11.5. The maximum atomic E-state index is 12.5. The minimum absolute atomic E-state index is 0.00424. The Balaban J connectivity index is 2.05. The Morgan fingerprint density at radius 2 is 1.50 bits per heavy atom. The summed E-state index contributed by atoms with van der Waals surface area (Å²) in [5, 5.41) is 6.06. The van der Waals surface area contributed by atoms with Crippen LogP contribution in [-0.4, -0.2) is 26.4 Å². The summed E-state index contributed by atoms with van der Waals surface area (Å²) in [5.41, 5.74) is 1.10. The van der Waals surface area contributed by atoms with Gasteiger partial charge in [0.2, 0.25) is 16.5 Å². The lowest BCUT2D eigenvalue weighted by Gasteiger charge is -2.33. The average Bonchev–Trinajstić information content (AvgIpc) is 2.43. The van der Waals surface area contributed by atoms with E-state index in [2.05, 4.69) is 46.4 Å². The molecule has 0 bridgehead atoms. The quantitative estimate of drug-likeness (QED) is 0.754.